The summed E-state index contributed by atoms with van der Waals surface area (Å²) >= 11 is 0. The van der Waals surface area contributed by atoms with Crippen molar-refractivity contribution in [1.82, 2.24) is 14.7 Å². The molecule has 2 aromatic heterocycles. The van der Waals surface area contributed by atoms with Crippen LogP contribution in [0.2, 0.25) is 0 Å². The quantitative estimate of drug-likeness (QED) is 0.634. The molecule has 2 unspecified atom stereocenters. The molecule has 1 saturated heterocycles. The van der Waals surface area contributed by atoms with Gasteiger partial charge < -0.3 is 9.32 Å². The number of aromatic nitrogens is 2. The van der Waals surface area contributed by atoms with Gasteiger partial charge in [0.15, 0.2) is 5.76 Å². The standard InChI is InChI=1S/C16H20N4O4/c1-11-4-3-5-12(2)19(11)16(21)15-7-6-14(24-15)10-18-9-13(8-17-18)20(22)23/h6-9,11-12H,3-5,10H2,1-2H3. The molecule has 1 aliphatic heterocycles. The number of hydrogen-bond donors (Lipinski definition) is 0. The highest BCUT2D eigenvalue weighted by Gasteiger charge is 2.31. The molecular weight excluding hydrogens is 312 g/mol. The normalized spacial score (nSPS) is 21.0. The predicted octanol–water partition coefficient (Wildman–Crippen LogP) is 2.84. The predicted molar refractivity (Wildman–Crippen MR) is 85.6 cm³/mol. The van der Waals surface area contributed by atoms with Crippen molar-refractivity contribution in [3.63, 3.8) is 0 Å². The molecule has 1 fully saturated rings. The van der Waals surface area contributed by atoms with Gasteiger partial charge in [-0.25, -0.2) is 0 Å². The molecule has 0 bridgehead atoms. The lowest BCUT2D eigenvalue weighted by Gasteiger charge is -2.38. The average Bonchev–Trinajstić information content (AvgIpc) is 3.17. The fraction of sp³-hybridized carbons (Fsp3) is 0.500. The number of furan rings is 1. The molecule has 0 aromatic carbocycles. The first-order valence-electron chi connectivity index (χ1n) is 8.04. The molecule has 0 spiro atoms. The van der Waals surface area contributed by atoms with E-state index in [9.17, 15) is 14.9 Å². The van der Waals surface area contributed by atoms with E-state index in [0.29, 0.717) is 11.5 Å². The summed E-state index contributed by atoms with van der Waals surface area (Å²) in [7, 11) is 0. The summed E-state index contributed by atoms with van der Waals surface area (Å²) in [5.74, 6) is 0.730. The highest BCUT2D eigenvalue weighted by molar-refractivity contribution is 5.92. The van der Waals surface area contributed by atoms with Crippen molar-refractivity contribution < 1.29 is 14.1 Å². The molecule has 2 atom stereocenters. The number of hydrogen-bond acceptors (Lipinski definition) is 5. The Bertz CT molecular complexity index is 741. The van der Waals surface area contributed by atoms with Crippen molar-refractivity contribution in [2.75, 3.05) is 0 Å². The van der Waals surface area contributed by atoms with Gasteiger partial charge in [0, 0.05) is 12.1 Å². The minimum absolute atomic E-state index is 0.0752. The fourth-order valence-electron chi connectivity index (χ4n) is 3.22. The topological polar surface area (TPSA) is 94.4 Å². The van der Waals surface area contributed by atoms with Gasteiger partial charge in [0.25, 0.3) is 5.91 Å². The maximum Gasteiger partial charge on any atom is 0.307 e. The van der Waals surface area contributed by atoms with Crippen LogP contribution in [0.25, 0.3) is 0 Å². The van der Waals surface area contributed by atoms with E-state index in [0.717, 1.165) is 19.3 Å². The second-order valence-electron chi connectivity index (χ2n) is 6.26. The molecule has 0 aliphatic carbocycles. The van der Waals surface area contributed by atoms with Crippen LogP contribution in [0.1, 0.15) is 49.4 Å². The molecule has 0 N–H and O–H groups in total. The lowest BCUT2D eigenvalue weighted by atomic mass is 9.97. The van der Waals surface area contributed by atoms with Gasteiger partial charge in [-0.1, -0.05) is 0 Å². The van der Waals surface area contributed by atoms with E-state index in [-0.39, 0.29) is 30.2 Å². The number of amides is 1. The summed E-state index contributed by atoms with van der Waals surface area (Å²) in [5.41, 5.74) is -0.0752. The van der Waals surface area contributed by atoms with Crippen LogP contribution in [0.4, 0.5) is 5.69 Å². The Morgan fingerprint density at radius 2 is 2.08 bits per heavy atom. The first kappa shape index (κ1) is 16.2. The number of carbonyl (C=O) groups is 1. The van der Waals surface area contributed by atoms with Crippen molar-refractivity contribution in [3.8, 4) is 0 Å². The van der Waals surface area contributed by atoms with Gasteiger partial charge in [0.1, 0.15) is 18.2 Å². The van der Waals surface area contributed by atoms with Gasteiger partial charge >= 0.3 is 5.69 Å². The number of nitrogens with zero attached hydrogens (tertiary/aromatic N) is 4. The highest BCUT2D eigenvalue weighted by Crippen LogP contribution is 2.25. The number of likely N-dealkylation sites (tertiary alicyclic amines) is 1. The number of rotatable bonds is 4. The van der Waals surface area contributed by atoms with Gasteiger partial charge in [0.05, 0.1) is 11.5 Å². The van der Waals surface area contributed by atoms with Crippen molar-refractivity contribution in [1.29, 1.82) is 0 Å². The molecule has 0 radical (unpaired) electrons. The second-order valence-corrected chi connectivity index (χ2v) is 6.26. The first-order valence-corrected chi connectivity index (χ1v) is 8.04. The van der Waals surface area contributed by atoms with Crippen molar-refractivity contribution in [2.45, 2.75) is 51.7 Å². The Kier molecular flexibility index (Phi) is 4.37. The minimum Gasteiger partial charge on any atom is -0.454 e. The smallest absolute Gasteiger partial charge is 0.307 e. The Hall–Kier alpha value is -2.64. The van der Waals surface area contributed by atoms with E-state index in [1.807, 2.05) is 4.90 Å². The minimum atomic E-state index is -0.500. The van der Waals surface area contributed by atoms with Gasteiger partial charge in [-0.3, -0.25) is 19.6 Å². The lowest BCUT2D eigenvalue weighted by Crippen LogP contribution is -2.47. The van der Waals surface area contributed by atoms with Crippen LogP contribution >= 0.6 is 0 Å². The molecule has 24 heavy (non-hydrogen) atoms. The van der Waals surface area contributed by atoms with Crippen molar-refractivity contribution in [3.05, 3.63) is 46.2 Å². The molecule has 2 aromatic rings. The van der Waals surface area contributed by atoms with Crippen LogP contribution in [0, 0.1) is 10.1 Å². The monoisotopic (exact) mass is 332 g/mol. The maximum absolute atomic E-state index is 12.7. The summed E-state index contributed by atoms with van der Waals surface area (Å²) in [6, 6.07) is 3.76. The lowest BCUT2D eigenvalue weighted by molar-refractivity contribution is -0.385. The van der Waals surface area contributed by atoms with E-state index in [4.69, 9.17) is 4.42 Å². The Balaban J connectivity index is 1.72. The largest absolute Gasteiger partial charge is 0.454 e. The van der Waals surface area contributed by atoms with E-state index < -0.39 is 4.92 Å². The molecule has 3 heterocycles. The SMILES string of the molecule is CC1CCCC(C)N1C(=O)c1ccc(Cn2cc([N+](=O)[O-])cn2)o1. The van der Waals surface area contributed by atoms with Crippen LogP contribution in [-0.4, -0.2) is 37.6 Å². The van der Waals surface area contributed by atoms with Gasteiger partial charge in [-0.15, -0.1) is 0 Å². The zero-order valence-corrected chi connectivity index (χ0v) is 13.7. The van der Waals surface area contributed by atoms with Crippen LogP contribution in [0.3, 0.4) is 0 Å². The van der Waals surface area contributed by atoms with Gasteiger partial charge in [0.2, 0.25) is 0 Å². The van der Waals surface area contributed by atoms with Crippen LogP contribution in [-0.2, 0) is 6.54 Å². The van der Waals surface area contributed by atoms with Gasteiger partial charge in [-0.05, 0) is 45.2 Å². The zero-order chi connectivity index (χ0) is 17.3. The molecule has 1 amide bonds. The van der Waals surface area contributed by atoms with E-state index in [1.54, 1.807) is 12.1 Å². The van der Waals surface area contributed by atoms with Crippen LogP contribution in [0.15, 0.2) is 28.9 Å². The summed E-state index contributed by atoms with van der Waals surface area (Å²) < 4.78 is 7.06. The number of nitro groups is 1. The Morgan fingerprint density at radius 3 is 2.71 bits per heavy atom. The van der Waals surface area contributed by atoms with Crippen LogP contribution < -0.4 is 0 Å². The number of piperidine rings is 1. The molecular formula is C16H20N4O4. The summed E-state index contributed by atoms with van der Waals surface area (Å²) in [4.78, 5) is 24.8. The van der Waals surface area contributed by atoms with E-state index >= 15 is 0 Å². The fourth-order valence-corrected chi connectivity index (χ4v) is 3.22. The highest BCUT2D eigenvalue weighted by atomic mass is 16.6. The molecule has 8 heteroatoms. The Labute approximate surface area is 139 Å². The summed E-state index contributed by atoms with van der Waals surface area (Å²) in [6.07, 6.45) is 5.65. The third-order valence-corrected chi connectivity index (χ3v) is 4.45. The molecule has 3 rings (SSSR count). The summed E-state index contributed by atoms with van der Waals surface area (Å²) in [6.45, 7) is 4.35. The van der Waals surface area contributed by atoms with Crippen molar-refractivity contribution >= 4 is 11.6 Å². The number of carbonyl (C=O) groups excluding carboxylic acids is 1. The van der Waals surface area contributed by atoms with E-state index in [1.165, 1.54) is 17.1 Å². The molecule has 0 saturated carbocycles. The van der Waals surface area contributed by atoms with Crippen LogP contribution in [0.5, 0.6) is 0 Å². The first-order chi connectivity index (χ1) is 11.5. The zero-order valence-electron chi connectivity index (χ0n) is 13.7. The maximum atomic E-state index is 12.7. The average molecular weight is 332 g/mol. The Morgan fingerprint density at radius 1 is 1.38 bits per heavy atom. The third kappa shape index (κ3) is 3.17. The molecule has 128 valence electrons. The summed E-state index contributed by atoms with van der Waals surface area (Å²) in [5, 5.41) is 14.6. The van der Waals surface area contributed by atoms with Crippen molar-refractivity contribution in [2.24, 2.45) is 0 Å². The third-order valence-electron chi connectivity index (χ3n) is 4.45. The molecule has 1 aliphatic rings. The second kappa shape index (κ2) is 6.46. The van der Waals surface area contributed by atoms with E-state index in [2.05, 4.69) is 18.9 Å². The molecule has 8 nitrogen and oxygen atoms in total. The van der Waals surface area contributed by atoms with Gasteiger partial charge in [-0.2, -0.15) is 5.10 Å².